The molecule has 2 N–H and O–H groups in total. The minimum Gasteiger partial charge on any atom is -0.497 e. The molecule has 0 aliphatic heterocycles. The first kappa shape index (κ1) is 14.4. The molecule has 0 spiro atoms. The third-order valence-corrected chi connectivity index (χ3v) is 3.40. The van der Waals surface area contributed by atoms with Crippen LogP contribution in [0, 0.1) is 6.92 Å². The molecule has 0 atom stereocenters. The van der Waals surface area contributed by atoms with Gasteiger partial charge in [-0.2, -0.15) is 0 Å². The average Bonchev–Trinajstić information content (AvgIpc) is 2.44. The summed E-state index contributed by atoms with van der Waals surface area (Å²) in [6, 6.07) is 14.4. The summed E-state index contributed by atoms with van der Waals surface area (Å²) in [6.07, 6.45) is 0. The largest absolute Gasteiger partial charge is 0.497 e. The molecule has 0 aliphatic rings. The zero-order chi connectivity index (χ0) is 14.5. The summed E-state index contributed by atoms with van der Waals surface area (Å²) < 4.78 is 5.17. The van der Waals surface area contributed by atoms with Gasteiger partial charge in [-0.05, 0) is 48.9 Å². The average molecular weight is 270 g/mol. The van der Waals surface area contributed by atoms with Gasteiger partial charge in [-0.3, -0.25) is 4.90 Å². The fraction of sp³-hybridized carbons (Fsp3) is 0.294. The zero-order valence-electron chi connectivity index (χ0n) is 12.4. The van der Waals surface area contributed by atoms with Crippen LogP contribution in [0.4, 0.5) is 5.69 Å². The molecule has 0 fully saturated rings. The summed E-state index contributed by atoms with van der Waals surface area (Å²) in [5.41, 5.74) is 10.4. The van der Waals surface area contributed by atoms with Crippen molar-refractivity contribution in [1.29, 1.82) is 0 Å². The molecule has 3 heteroatoms. The maximum Gasteiger partial charge on any atom is 0.118 e. The van der Waals surface area contributed by atoms with Crippen LogP contribution in [0.15, 0.2) is 42.5 Å². The fourth-order valence-corrected chi connectivity index (χ4v) is 2.25. The van der Waals surface area contributed by atoms with E-state index in [1.165, 1.54) is 11.1 Å². The lowest BCUT2D eigenvalue weighted by Crippen LogP contribution is -2.17. The van der Waals surface area contributed by atoms with Gasteiger partial charge in [-0.1, -0.05) is 24.3 Å². The van der Waals surface area contributed by atoms with Crippen molar-refractivity contribution in [2.45, 2.75) is 20.0 Å². The minimum absolute atomic E-state index is 0.853. The molecule has 2 aromatic carbocycles. The lowest BCUT2D eigenvalue weighted by Gasteiger charge is -2.17. The Hall–Kier alpha value is -2.00. The Morgan fingerprint density at radius 2 is 1.60 bits per heavy atom. The van der Waals surface area contributed by atoms with E-state index in [2.05, 4.69) is 36.2 Å². The number of hydrogen-bond acceptors (Lipinski definition) is 3. The third kappa shape index (κ3) is 3.75. The van der Waals surface area contributed by atoms with E-state index >= 15 is 0 Å². The van der Waals surface area contributed by atoms with Crippen LogP contribution in [0.1, 0.15) is 16.7 Å². The Balaban J connectivity index is 1.97. The standard InChI is InChI=1S/C17H22N2O/c1-13-10-15(6-9-17(13)18)12-19(2)11-14-4-7-16(20-3)8-5-14/h4-10H,11-12,18H2,1-3H3. The van der Waals surface area contributed by atoms with Crippen LogP contribution in [0.3, 0.4) is 0 Å². The second kappa shape index (κ2) is 6.44. The van der Waals surface area contributed by atoms with E-state index in [-0.39, 0.29) is 0 Å². The van der Waals surface area contributed by atoms with Crippen LogP contribution in [0.5, 0.6) is 5.75 Å². The number of nitrogens with two attached hydrogens (primary N) is 1. The number of aryl methyl sites for hydroxylation is 1. The molecule has 0 aliphatic carbocycles. The molecule has 0 amide bonds. The number of nitrogen functional groups attached to an aromatic ring is 1. The van der Waals surface area contributed by atoms with E-state index in [0.717, 1.165) is 30.1 Å². The normalized spacial score (nSPS) is 10.8. The second-order valence-electron chi connectivity index (χ2n) is 5.21. The van der Waals surface area contributed by atoms with Crippen LogP contribution in [0.2, 0.25) is 0 Å². The minimum atomic E-state index is 0.853. The molecular formula is C17H22N2O. The summed E-state index contributed by atoms with van der Waals surface area (Å²) in [7, 11) is 3.81. The van der Waals surface area contributed by atoms with E-state index in [0.29, 0.717) is 0 Å². The first-order chi connectivity index (χ1) is 9.58. The van der Waals surface area contributed by atoms with Gasteiger partial charge in [-0.25, -0.2) is 0 Å². The highest BCUT2D eigenvalue weighted by Crippen LogP contribution is 2.16. The Bertz CT molecular complexity index is 564. The Kier molecular flexibility index (Phi) is 4.64. The SMILES string of the molecule is COc1ccc(CN(C)Cc2ccc(N)c(C)c2)cc1. The molecular weight excluding hydrogens is 248 g/mol. The highest BCUT2D eigenvalue weighted by atomic mass is 16.5. The van der Waals surface area contributed by atoms with Crippen molar-refractivity contribution < 1.29 is 4.74 Å². The molecule has 2 aromatic rings. The predicted octanol–water partition coefficient (Wildman–Crippen LogP) is 3.22. The molecule has 2 rings (SSSR count). The topological polar surface area (TPSA) is 38.5 Å². The van der Waals surface area contributed by atoms with Gasteiger partial charge in [-0.15, -0.1) is 0 Å². The lowest BCUT2D eigenvalue weighted by atomic mass is 10.1. The summed E-state index contributed by atoms with van der Waals surface area (Å²) in [5, 5.41) is 0. The molecule has 20 heavy (non-hydrogen) atoms. The monoisotopic (exact) mass is 270 g/mol. The number of hydrogen-bond donors (Lipinski definition) is 1. The highest BCUT2D eigenvalue weighted by molar-refractivity contribution is 5.47. The van der Waals surface area contributed by atoms with Crippen LogP contribution < -0.4 is 10.5 Å². The predicted molar refractivity (Wildman–Crippen MR) is 83.8 cm³/mol. The Labute approximate surface area is 121 Å². The molecule has 3 nitrogen and oxygen atoms in total. The van der Waals surface area contributed by atoms with Crippen molar-refractivity contribution in [3.63, 3.8) is 0 Å². The quantitative estimate of drug-likeness (QED) is 0.848. The summed E-state index contributed by atoms with van der Waals surface area (Å²) in [5.74, 6) is 0.894. The van der Waals surface area contributed by atoms with Crippen molar-refractivity contribution in [2.75, 3.05) is 19.9 Å². The molecule has 0 radical (unpaired) electrons. The fourth-order valence-electron chi connectivity index (χ4n) is 2.25. The number of ether oxygens (including phenoxy) is 1. The van der Waals surface area contributed by atoms with Crippen molar-refractivity contribution in [2.24, 2.45) is 0 Å². The molecule has 0 aromatic heterocycles. The third-order valence-electron chi connectivity index (χ3n) is 3.40. The second-order valence-corrected chi connectivity index (χ2v) is 5.21. The summed E-state index contributed by atoms with van der Waals surface area (Å²) in [4.78, 5) is 2.28. The molecule has 0 saturated carbocycles. The van der Waals surface area contributed by atoms with Gasteiger partial charge < -0.3 is 10.5 Å². The van der Waals surface area contributed by atoms with Gasteiger partial charge in [0, 0.05) is 18.8 Å². The van der Waals surface area contributed by atoms with Gasteiger partial charge >= 0.3 is 0 Å². The number of methoxy groups -OCH3 is 1. The van der Waals surface area contributed by atoms with E-state index in [1.54, 1.807) is 7.11 Å². The molecule has 0 saturated heterocycles. The smallest absolute Gasteiger partial charge is 0.118 e. The van der Waals surface area contributed by atoms with Gasteiger partial charge in [0.1, 0.15) is 5.75 Å². The van der Waals surface area contributed by atoms with E-state index in [9.17, 15) is 0 Å². The van der Waals surface area contributed by atoms with Crippen LogP contribution >= 0.6 is 0 Å². The van der Waals surface area contributed by atoms with Gasteiger partial charge in [0.2, 0.25) is 0 Å². The highest BCUT2D eigenvalue weighted by Gasteiger charge is 2.03. The Morgan fingerprint density at radius 3 is 2.20 bits per heavy atom. The molecule has 0 bridgehead atoms. The van der Waals surface area contributed by atoms with Gasteiger partial charge in [0.25, 0.3) is 0 Å². The summed E-state index contributed by atoms with van der Waals surface area (Å²) >= 11 is 0. The van der Waals surface area contributed by atoms with E-state index in [1.807, 2.05) is 25.1 Å². The number of anilines is 1. The van der Waals surface area contributed by atoms with Gasteiger partial charge in [0.15, 0.2) is 0 Å². The van der Waals surface area contributed by atoms with Crippen LogP contribution in [-0.2, 0) is 13.1 Å². The number of nitrogens with zero attached hydrogens (tertiary/aromatic N) is 1. The van der Waals surface area contributed by atoms with Crippen molar-refractivity contribution in [1.82, 2.24) is 4.90 Å². The van der Waals surface area contributed by atoms with Crippen molar-refractivity contribution in [3.8, 4) is 5.75 Å². The van der Waals surface area contributed by atoms with E-state index < -0.39 is 0 Å². The van der Waals surface area contributed by atoms with Crippen LogP contribution in [0.25, 0.3) is 0 Å². The molecule has 0 unspecified atom stereocenters. The van der Waals surface area contributed by atoms with E-state index in [4.69, 9.17) is 10.5 Å². The lowest BCUT2D eigenvalue weighted by molar-refractivity contribution is 0.319. The zero-order valence-corrected chi connectivity index (χ0v) is 12.4. The first-order valence-corrected chi connectivity index (χ1v) is 6.75. The summed E-state index contributed by atoms with van der Waals surface area (Å²) in [6.45, 7) is 3.86. The molecule has 106 valence electrons. The van der Waals surface area contributed by atoms with Crippen molar-refractivity contribution >= 4 is 5.69 Å². The Morgan fingerprint density at radius 1 is 1.00 bits per heavy atom. The van der Waals surface area contributed by atoms with Crippen LogP contribution in [-0.4, -0.2) is 19.1 Å². The van der Waals surface area contributed by atoms with Gasteiger partial charge in [0.05, 0.1) is 7.11 Å². The van der Waals surface area contributed by atoms with Crippen molar-refractivity contribution in [3.05, 3.63) is 59.2 Å². The maximum atomic E-state index is 5.84. The number of rotatable bonds is 5. The number of benzene rings is 2. The first-order valence-electron chi connectivity index (χ1n) is 6.75. The molecule has 0 heterocycles. The maximum absolute atomic E-state index is 5.84.